The van der Waals surface area contributed by atoms with Gasteiger partial charge in [-0.25, -0.2) is 4.98 Å². The van der Waals surface area contributed by atoms with Gasteiger partial charge in [0.25, 0.3) is 0 Å². The summed E-state index contributed by atoms with van der Waals surface area (Å²) in [5.74, 6) is -0.746. The van der Waals surface area contributed by atoms with Crippen molar-refractivity contribution >= 4 is 17.0 Å². The molecule has 0 unspecified atom stereocenters. The highest BCUT2D eigenvalue weighted by Gasteiger charge is 2.33. The van der Waals surface area contributed by atoms with Crippen LogP contribution >= 0.6 is 0 Å². The summed E-state index contributed by atoms with van der Waals surface area (Å²) in [5.41, 5.74) is 4.45. The van der Waals surface area contributed by atoms with E-state index in [1.165, 1.54) is 5.56 Å². The molecule has 1 saturated carbocycles. The van der Waals surface area contributed by atoms with Crippen LogP contribution in [0.1, 0.15) is 25.3 Å². The van der Waals surface area contributed by atoms with Gasteiger partial charge < -0.3 is 10.4 Å². The zero-order chi connectivity index (χ0) is 19.5. The number of hydrogen-bond acceptors (Lipinski definition) is 4. The van der Waals surface area contributed by atoms with Gasteiger partial charge >= 0.3 is 5.97 Å². The molecule has 0 atom stereocenters. The van der Waals surface area contributed by atoms with E-state index in [0.29, 0.717) is 12.1 Å². The molecule has 1 aliphatic carbocycles. The van der Waals surface area contributed by atoms with E-state index in [9.17, 15) is 4.79 Å². The van der Waals surface area contributed by atoms with Gasteiger partial charge in [-0.15, -0.1) is 0 Å². The maximum absolute atomic E-state index is 10.9. The molecule has 1 fully saturated rings. The molecule has 1 aliphatic rings. The molecule has 6 nitrogen and oxygen atoms in total. The molecule has 4 rings (SSSR count). The third-order valence-corrected chi connectivity index (χ3v) is 5.64. The van der Waals surface area contributed by atoms with Crippen LogP contribution in [0.4, 0.5) is 0 Å². The number of para-hydroxylation sites is 2. The number of hydrogen-bond donors (Lipinski definition) is 2. The minimum atomic E-state index is -0.746. The van der Waals surface area contributed by atoms with Crippen molar-refractivity contribution in [2.75, 3.05) is 13.1 Å². The molecule has 146 valence electrons. The zero-order valence-electron chi connectivity index (χ0n) is 16.1. The summed E-state index contributed by atoms with van der Waals surface area (Å²) in [6.07, 6.45) is 3.89. The molecular formula is C22H26N4O2. The van der Waals surface area contributed by atoms with Crippen molar-refractivity contribution < 1.29 is 9.90 Å². The van der Waals surface area contributed by atoms with Crippen molar-refractivity contribution in [3.05, 3.63) is 60.4 Å². The molecule has 0 saturated heterocycles. The largest absolute Gasteiger partial charge is 0.480 e. The number of fused-ring (bicyclic) bond motifs is 1. The maximum atomic E-state index is 10.9. The van der Waals surface area contributed by atoms with Crippen molar-refractivity contribution in [2.45, 2.75) is 38.4 Å². The van der Waals surface area contributed by atoms with Crippen LogP contribution in [-0.2, 0) is 11.3 Å². The van der Waals surface area contributed by atoms with Crippen LogP contribution in [-0.4, -0.2) is 50.7 Å². The number of aromatic nitrogens is 2. The Kier molecular flexibility index (Phi) is 5.41. The van der Waals surface area contributed by atoms with Crippen LogP contribution in [0.5, 0.6) is 0 Å². The molecule has 2 N–H and O–H groups in total. The molecule has 1 aromatic heterocycles. The summed E-state index contributed by atoms with van der Waals surface area (Å²) >= 11 is 0. The number of nitrogens with one attached hydrogen (secondary N) is 1. The van der Waals surface area contributed by atoms with Crippen LogP contribution in [0.15, 0.2) is 54.9 Å². The Labute approximate surface area is 164 Å². The van der Waals surface area contributed by atoms with Crippen LogP contribution in [0, 0.1) is 0 Å². The molecule has 28 heavy (non-hydrogen) atoms. The second kappa shape index (κ2) is 8.12. The monoisotopic (exact) mass is 378 g/mol. The smallest absolute Gasteiger partial charge is 0.317 e. The average molecular weight is 378 g/mol. The normalized spacial score (nSPS) is 19.1. The number of carboxylic acid groups (broad SMARTS) is 1. The Balaban J connectivity index is 1.31. The number of carbonyl (C=O) groups is 1. The predicted molar refractivity (Wildman–Crippen MR) is 110 cm³/mol. The predicted octanol–water partition coefficient (Wildman–Crippen LogP) is 3.05. The Bertz CT molecular complexity index is 945. The first-order chi connectivity index (χ1) is 13.6. The fourth-order valence-corrected chi connectivity index (χ4v) is 3.93. The molecule has 2 aromatic carbocycles. The van der Waals surface area contributed by atoms with Gasteiger partial charge in [-0.05, 0) is 49.2 Å². The van der Waals surface area contributed by atoms with E-state index in [2.05, 4.69) is 45.2 Å². The van der Waals surface area contributed by atoms with Gasteiger partial charge in [0.2, 0.25) is 0 Å². The summed E-state index contributed by atoms with van der Waals surface area (Å²) in [6, 6.07) is 17.5. The highest BCUT2D eigenvalue weighted by Crippen LogP contribution is 2.26. The Morgan fingerprint density at radius 2 is 1.96 bits per heavy atom. The van der Waals surface area contributed by atoms with Crippen LogP contribution in [0.3, 0.4) is 0 Å². The van der Waals surface area contributed by atoms with Crippen molar-refractivity contribution in [2.24, 2.45) is 0 Å². The molecule has 0 radical (unpaired) electrons. The van der Waals surface area contributed by atoms with E-state index in [1.807, 2.05) is 36.4 Å². The van der Waals surface area contributed by atoms with Gasteiger partial charge in [0.15, 0.2) is 0 Å². The van der Waals surface area contributed by atoms with Crippen molar-refractivity contribution in [1.82, 2.24) is 19.8 Å². The van der Waals surface area contributed by atoms with Gasteiger partial charge in [0.1, 0.15) is 6.33 Å². The summed E-state index contributed by atoms with van der Waals surface area (Å²) in [6.45, 7) is 3.77. The van der Waals surface area contributed by atoms with Crippen molar-refractivity contribution in [1.29, 1.82) is 0 Å². The van der Waals surface area contributed by atoms with E-state index in [4.69, 9.17) is 5.11 Å². The summed E-state index contributed by atoms with van der Waals surface area (Å²) in [7, 11) is 0. The Morgan fingerprint density at radius 1 is 1.21 bits per heavy atom. The molecule has 1 heterocycles. The minimum Gasteiger partial charge on any atom is -0.480 e. The Morgan fingerprint density at radius 3 is 2.68 bits per heavy atom. The number of carboxylic acids is 1. The SMILES string of the molecule is CCN(CC(=O)O)C1CC(NCc2ccc(-n3cnc4ccccc43)cc2)C1. The number of likely N-dealkylation sites (N-methyl/N-ethyl adjacent to an activating group) is 1. The lowest BCUT2D eigenvalue weighted by atomic mass is 9.85. The number of aliphatic carboxylic acids is 1. The highest BCUT2D eigenvalue weighted by molar-refractivity contribution is 5.77. The van der Waals surface area contributed by atoms with Crippen molar-refractivity contribution in [3.8, 4) is 5.69 Å². The zero-order valence-corrected chi connectivity index (χ0v) is 16.1. The molecule has 6 heteroatoms. The lowest BCUT2D eigenvalue weighted by Gasteiger charge is -2.42. The van der Waals surface area contributed by atoms with Gasteiger partial charge in [-0.3, -0.25) is 14.3 Å². The fraction of sp³-hybridized carbons (Fsp3) is 0.364. The first-order valence-corrected chi connectivity index (χ1v) is 9.84. The molecule has 0 amide bonds. The van der Waals surface area contributed by atoms with E-state index < -0.39 is 5.97 Å². The third kappa shape index (κ3) is 3.93. The van der Waals surface area contributed by atoms with Crippen molar-refractivity contribution in [3.63, 3.8) is 0 Å². The second-order valence-corrected chi connectivity index (χ2v) is 7.43. The quantitative estimate of drug-likeness (QED) is 0.630. The van der Waals surface area contributed by atoms with E-state index in [-0.39, 0.29) is 6.54 Å². The lowest BCUT2D eigenvalue weighted by molar-refractivity contribution is -0.139. The van der Waals surface area contributed by atoms with Crippen LogP contribution < -0.4 is 5.32 Å². The summed E-state index contributed by atoms with van der Waals surface area (Å²) < 4.78 is 2.10. The van der Waals surface area contributed by atoms with E-state index >= 15 is 0 Å². The molecule has 0 spiro atoms. The number of nitrogens with zero attached hydrogens (tertiary/aromatic N) is 3. The molecule has 0 aliphatic heterocycles. The maximum Gasteiger partial charge on any atom is 0.317 e. The van der Waals surface area contributed by atoms with Crippen LogP contribution in [0.25, 0.3) is 16.7 Å². The van der Waals surface area contributed by atoms with E-state index in [0.717, 1.165) is 42.7 Å². The number of rotatable bonds is 8. The molecular weight excluding hydrogens is 352 g/mol. The molecule has 3 aromatic rings. The summed E-state index contributed by atoms with van der Waals surface area (Å²) in [4.78, 5) is 17.4. The summed E-state index contributed by atoms with van der Waals surface area (Å²) in [5, 5.41) is 12.6. The minimum absolute atomic E-state index is 0.137. The van der Waals surface area contributed by atoms with Gasteiger partial charge in [-0.2, -0.15) is 0 Å². The average Bonchev–Trinajstić information content (AvgIpc) is 3.10. The number of benzene rings is 2. The third-order valence-electron chi connectivity index (χ3n) is 5.64. The first-order valence-electron chi connectivity index (χ1n) is 9.84. The Hall–Kier alpha value is -2.70. The van der Waals surface area contributed by atoms with Gasteiger partial charge in [0.05, 0.1) is 17.6 Å². The van der Waals surface area contributed by atoms with Crippen LogP contribution in [0.2, 0.25) is 0 Å². The van der Waals surface area contributed by atoms with Gasteiger partial charge in [-0.1, -0.05) is 31.2 Å². The fourth-order valence-electron chi connectivity index (χ4n) is 3.93. The van der Waals surface area contributed by atoms with Gasteiger partial charge in [0, 0.05) is 24.3 Å². The van der Waals surface area contributed by atoms with E-state index in [1.54, 1.807) is 0 Å². The standard InChI is InChI=1S/C22H26N4O2/c1-2-25(14-22(27)28)19-11-17(12-19)23-13-16-7-9-18(10-8-16)26-15-24-20-5-3-4-6-21(20)26/h3-10,15,17,19,23H,2,11-14H2,1H3,(H,27,28). The molecule has 0 bridgehead atoms. The lowest BCUT2D eigenvalue weighted by Crippen LogP contribution is -2.53. The topological polar surface area (TPSA) is 70.4 Å². The second-order valence-electron chi connectivity index (χ2n) is 7.43. The highest BCUT2D eigenvalue weighted by atomic mass is 16.4. The first kappa shape index (κ1) is 18.7. The number of imidazole rings is 1.